The minimum atomic E-state index is -3.90. The molecular formula is C11H15NO4S2. The van der Waals surface area contributed by atoms with E-state index in [9.17, 15) is 16.8 Å². The summed E-state index contributed by atoms with van der Waals surface area (Å²) in [7, 11) is -7.34. The number of fused-ring (bicyclic) bond motifs is 1. The molecule has 0 saturated carbocycles. The summed E-state index contributed by atoms with van der Waals surface area (Å²) in [6.07, 6.45) is 1.20. The van der Waals surface area contributed by atoms with Gasteiger partial charge in [-0.2, -0.15) is 0 Å². The molecule has 1 aliphatic rings. The smallest absolute Gasteiger partial charge is 0.225 e. The largest absolute Gasteiger partial charge is 0.238 e. The highest BCUT2D eigenvalue weighted by Gasteiger charge is 2.32. The summed E-state index contributed by atoms with van der Waals surface area (Å²) in [5.74, 6) is 0. The van der Waals surface area contributed by atoms with Crippen LogP contribution in [0.15, 0.2) is 21.9 Å². The molecule has 1 unspecified atom stereocenters. The minimum Gasteiger partial charge on any atom is -0.225 e. The highest BCUT2D eigenvalue weighted by atomic mass is 32.2. The predicted molar refractivity (Wildman–Crippen MR) is 67.5 cm³/mol. The van der Waals surface area contributed by atoms with Gasteiger partial charge in [-0.3, -0.25) is 0 Å². The maximum Gasteiger partial charge on any atom is 0.238 e. The molecule has 1 aromatic carbocycles. The van der Waals surface area contributed by atoms with E-state index in [0.29, 0.717) is 24.0 Å². The Balaban J connectivity index is 2.79. The first-order valence-electron chi connectivity index (χ1n) is 5.54. The van der Waals surface area contributed by atoms with Crippen molar-refractivity contribution in [3.05, 3.63) is 23.3 Å². The maximum absolute atomic E-state index is 12.2. The lowest BCUT2D eigenvalue weighted by Gasteiger charge is -2.23. The van der Waals surface area contributed by atoms with Gasteiger partial charge in [0.2, 0.25) is 10.0 Å². The van der Waals surface area contributed by atoms with Crippen LogP contribution in [-0.2, 0) is 26.3 Å². The van der Waals surface area contributed by atoms with Crippen LogP contribution in [-0.4, -0.2) is 22.1 Å². The lowest BCUT2D eigenvalue weighted by Crippen LogP contribution is -2.26. The molecule has 0 aromatic heterocycles. The number of nitrogens with two attached hydrogens (primary N) is 1. The van der Waals surface area contributed by atoms with Crippen molar-refractivity contribution >= 4 is 19.9 Å². The second kappa shape index (κ2) is 4.04. The normalized spacial score (nSPS) is 22.5. The van der Waals surface area contributed by atoms with E-state index in [1.807, 2.05) is 0 Å². The van der Waals surface area contributed by atoms with Crippen molar-refractivity contribution < 1.29 is 16.8 Å². The number of primary sulfonamides is 1. The first-order chi connectivity index (χ1) is 8.14. The van der Waals surface area contributed by atoms with Gasteiger partial charge in [-0.05, 0) is 43.9 Å². The molecule has 0 radical (unpaired) electrons. The number of rotatable bonds is 1. The van der Waals surface area contributed by atoms with Crippen LogP contribution < -0.4 is 5.14 Å². The Morgan fingerprint density at radius 2 is 1.94 bits per heavy atom. The fraction of sp³-hybridized carbons (Fsp3) is 0.455. The Bertz CT molecular complexity index is 705. The number of hydrogen-bond acceptors (Lipinski definition) is 4. The molecule has 1 aliphatic heterocycles. The molecule has 7 heteroatoms. The number of benzene rings is 1. The fourth-order valence-corrected chi connectivity index (χ4v) is 4.76. The summed E-state index contributed by atoms with van der Waals surface area (Å²) in [5, 5.41) is 4.61. The predicted octanol–water partition coefficient (Wildman–Crippen LogP) is 0.751. The molecule has 0 saturated heterocycles. The molecule has 1 heterocycles. The Hall–Kier alpha value is -0.920. The SMILES string of the molecule is Cc1cc2c(cc1S(N)(=O)=O)S(=O)(=O)C(C)CC2. The maximum atomic E-state index is 12.2. The lowest BCUT2D eigenvalue weighted by molar-refractivity contribution is 0.566. The Morgan fingerprint density at radius 1 is 1.33 bits per heavy atom. The number of sulfone groups is 1. The monoisotopic (exact) mass is 289 g/mol. The van der Waals surface area contributed by atoms with Crippen LogP contribution in [0.2, 0.25) is 0 Å². The summed E-state index contributed by atoms with van der Waals surface area (Å²) in [5.41, 5.74) is 1.17. The molecule has 1 aromatic rings. The second-order valence-electron chi connectivity index (χ2n) is 4.66. The molecule has 2 rings (SSSR count). The highest BCUT2D eigenvalue weighted by Crippen LogP contribution is 2.32. The third-order valence-corrected chi connectivity index (χ3v) is 6.66. The first-order valence-corrected chi connectivity index (χ1v) is 8.63. The van der Waals surface area contributed by atoms with Crippen LogP contribution in [0.25, 0.3) is 0 Å². The molecule has 0 amide bonds. The van der Waals surface area contributed by atoms with E-state index in [2.05, 4.69) is 0 Å². The van der Waals surface area contributed by atoms with E-state index in [1.165, 1.54) is 6.07 Å². The molecule has 0 aliphatic carbocycles. The first kappa shape index (κ1) is 13.5. The van der Waals surface area contributed by atoms with Crippen LogP contribution in [0.5, 0.6) is 0 Å². The van der Waals surface area contributed by atoms with E-state index >= 15 is 0 Å². The summed E-state index contributed by atoms with van der Waals surface area (Å²) in [4.78, 5) is -0.00481. The van der Waals surface area contributed by atoms with Crippen LogP contribution in [0.4, 0.5) is 0 Å². The van der Waals surface area contributed by atoms with Gasteiger partial charge >= 0.3 is 0 Å². The molecule has 2 N–H and O–H groups in total. The summed E-state index contributed by atoms with van der Waals surface area (Å²) >= 11 is 0. The average Bonchev–Trinajstić information content (AvgIpc) is 2.21. The molecular weight excluding hydrogens is 274 g/mol. The van der Waals surface area contributed by atoms with Gasteiger partial charge in [0.15, 0.2) is 9.84 Å². The van der Waals surface area contributed by atoms with Gasteiger partial charge in [0.1, 0.15) is 0 Å². The molecule has 18 heavy (non-hydrogen) atoms. The molecule has 0 fully saturated rings. The summed E-state index contributed by atoms with van der Waals surface area (Å²) in [6, 6.07) is 2.81. The van der Waals surface area contributed by atoms with E-state index in [0.717, 1.165) is 0 Å². The van der Waals surface area contributed by atoms with Gasteiger partial charge in [0, 0.05) is 0 Å². The third kappa shape index (κ3) is 2.06. The fourth-order valence-electron chi connectivity index (χ4n) is 2.23. The topological polar surface area (TPSA) is 94.3 Å². The molecule has 100 valence electrons. The zero-order chi connectivity index (χ0) is 13.7. The van der Waals surface area contributed by atoms with Crippen molar-refractivity contribution in [1.82, 2.24) is 0 Å². The Morgan fingerprint density at radius 3 is 2.50 bits per heavy atom. The number of hydrogen-bond donors (Lipinski definition) is 1. The summed E-state index contributed by atoms with van der Waals surface area (Å²) in [6.45, 7) is 3.25. The average molecular weight is 289 g/mol. The Labute approximate surface area is 107 Å². The number of aryl methyl sites for hydroxylation is 2. The van der Waals surface area contributed by atoms with Gasteiger partial charge in [0.05, 0.1) is 15.0 Å². The van der Waals surface area contributed by atoms with E-state index in [1.54, 1.807) is 19.9 Å². The van der Waals surface area contributed by atoms with Gasteiger partial charge in [0.25, 0.3) is 0 Å². The zero-order valence-electron chi connectivity index (χ0n) is 10.2. The third-order valence-electron chi connectivity index (χ3n) is 3.32. The molecule has 0 spiro atoms. The van der Waals surface area contributed by atoms with Crippen LogP contribution in [0.3, 0.4) is 0 Å². The van der Waals surface area contributed by atoms with E-state index in [-0.39, 0.29) is 9.79 Å². The van der Waals surface area contributed by atoms with E-state index < -0.39 is 25.1 Å². The van der Waals surface area contributed by atoms with Crippen molar-refractivity contribution in [3.63, 3.8) is 0 Å². The van der Waals surface area contributed by atoms with Crippen molar-refractivity contribution in [3.8, 4) is 0 Å². The highest BCUT2D eigenvalue weighted by molar-refractivity contribution is 7.92. The number of sulfonamides is 1. The van der Waals surface area contributed by atoms with Crippen molar-refractivity contribution in [1.29, 1.82) is 0 Å². The zero-order valence-corrected chi connectivity index (χ0v) is 11.8. The van der Waals surface area contributed by atoms with Crippen molar-refractivity contribution in [2.75, 3.05) is 0 Å². The van der Waals surface area contributed by atoms with Crippen molar-refractivity contribution in [2.45, 2.75) is 41.7 Å². The van der Waals surface area contributed by atoms with Gasteiger partial charge in [-0.1, -0.05) is 6.07 Å². The van der Waals surface area contributed by atoms with Crippen molar-refractivity contribution in [2.24, 2.45) is 5.14 Å². The van der Waals surface area contributed by atoms with Crippen LogP contribution >= 0.6 is 0 Å². The van der Waals surface area contributed by atoms with Gasteiger partial charge < -0.3 is 0 Å². The van der Waals surface area contributed by atoms with Crippen LogP contribution in [0.1, 0.15) is 24.5 Å². The molecule has 0 bridgehead atoms. The quantitative estimate of drug-likeness (QED) is 0.825. The van der Waals surface area contributed by atoms with Crippen LogP contribution in [0, 0.1) is 6.92 Å². The Kier molecular flexibility index (Phi) is 3.03. The van der Waals surface area contributed by atoms with Gasteiger partial charge in [-0.15, -0.1) is 0 Å². The summed E-state index contributed by atoms with van der Waals surface area (Å²) < 4.78 is 47.1. The van der Waals surface area contributed by atoms with Gasteiger partial charge in [-0.25, -0.2) is 22.0 Å². The molecule has 1 atom stereocenters. The van der Waals surface area contributed by atoms with E-state index in [4.69, 9.17) is 5.14 Å². The second-order valence-corrected chi connectivity index (χ2v) is 8.53. The lowest BCUT2D eigenvalue weighted by atomic mass is 10.1. The minimum absolute atomic E-state index is 0.107. The molecule has 5 nitrogen and oxygen atoms in total. The standard InChI is InChI=1S/C11H15NO4S2/c1-7-5-9-4-3-8(2)17(13,14)11(9)6-10(7)18(12,15)16/h5-6,8H,3-4H2,1-2H3,(H2,12,15,16).